The minimum absolute atomic E-state index is 0.266. The Balaban J connectivity index is 1.85. The van der Waals surface area contributed by atoms with Crippen LogP contribution in [0.5, 0.6) is 5.75 Å². The molecule has 1 heterocycles. The van der Waals surface area contributed by atoms with E-state index in [1.165, 1.54) is 4.68 Å². The van der Waals surface area contributed by atoms with Gasteiger partial charge in [0.2, 0.25) is 0 Å². The highest BCUT2D eigenvalue weighted by atomic mass is 16.5. The zero-order chi connectivity index (χ0) is 20.3. The molecule has 1 aromatic heterocycles. The van der Waals surface area contributed by atoms with Crippen molar-refractivity contribution in [3.05, 3.63) is 76.2 Å². The average molecular weight is 379 g/mol. The summed E-state index contributed by atoms with van der Waals surface area (Å²) in [5.74, 6) is 0.285. The second-order valence-corrected chi connectivity index (χ2v) is 6.75. The molecule has 0 aliphatic carbocycles. The molecule has 6 heteroatoms. The number of hydrogen-bond donors (Lipinski definition) is 1. The van der Waals surface area contributed by atoms with Crippen molar-refractivity contribution in [3.63, 3.8) is 0 Å². The number of amides is 1. The van der Waals surface area contributed by atoms with Crippen molar-refractivity contribution in [3.8, 4) is 11.4 Å². The molecule has 3 rings (SSSR count). The van der Waals surface area contributed by atoms with E-state index in [4.69, 9.17) is 4.74 Å². The van der Waals surface area contributed by atoms with Gasteiger partial charge < -0.3 is 10.1 Å². The predicted molar refractivity (Wildman–Crippen MR) is 110 cm³/mol. The molecule has 1 N–H and O–H groups in total. The number of nitrogens with one attached hydrogen (secondary N) is 1. The van der Waals surface area contributed by atoms with Gasteiger partial charge in [-0.3, -0.25) is 14.3 Å². The summed E-state index contributed by atoms with van der Waals surface area (Å²) in [5, 5.41) is 2.77. The lowest BCUT2D eigenvalue weighted by Crippen LogP contribution is -2.34. The summed E-state index contributed by atoms with van der Waals surface area (Å²) in [6.07, 6.45) is -0.203. The molecular formula is C22H25N3O3. The van der Waals surface area contributed by atoms with E-state index in [1.807, 2.05) is 68.4 Å². The lowest BCUT2D eigenvalue weighted by atomic mass is 10.2. The minimum Gasteiger partial charge on any atom is -0.481 e. The molecule has 0 saturated heterocycles. The van der Waals surface area contributed by atoms with Gasteiger partial charge in [-0.25, -0.2) is 4.68 Å². The van der Waals surface area contributed by atoms with Crippen molar-refractivity contribution in [1.29, 1.82) is 0 Å². The Morgan fingerprint density at radius 3 is 2.32 bits per heavy atom. The molecule has 0 fully saturated rings. The van der Waals surface area contributed by atoms with E-state index >= 15 is 0 Å². The lowest BCUT2D eigenvalue weighted by Gasteiger charge is -2.17. The third-order valence-corrected chi connectivity index (χ3v) is 4.76. The molecule has 0 bridgehead atoms. The number of benzene rings is 2. The first kappa shape index (κ1) is 19.5. The molecule has 1 amide bonds. The van der Waals surface area contributed by atoms with E-state index in [2.05, 4.69) is 5.32 Å². The summed E-state index contributed by atoms with van der Waals surface area (Å²) < 4.78 is 9.09. The van der Waals surface area contributed by atoms with E-state index in [0.717, 1.165) is 11.3 Å². The lowest BCUT2D eigenvalue weighted by molar-refractivity contribution is -0.122. The van der Waals surface area contributed by atoms with E-state index < -0.39 is 6.10 Å². The van der Waals surface area contributed by atoms with Gasteiger partial charge in [0.25, 0.3) is 11.5 Å². The van der Waals surface area contributed by atoms with Crippen molar-refractivity contribution in [2.45, 2.75) is 33.3 Å². The number of carbonyl (C=O) groups is 1. The fraction of sp³-hybridized carbons (Fsp3) is 0.273. The highest BCUT2D eigenvalue weighted by Gasteiger charge is 2.23. The highest BCUT2D eigenvalue weighted by Crippen LogP contribution is 2.17. The first-order valence-electron chi connectivity index (χ1n) is 9.30. The maximum atomic E-state index is 12.9. The van der Waals surface area contributed by atoms with Gasteiger partial charge >= 0.3 is 0 Å². The number of aromatic nitrogens is 2. The van der Waals surface area contributed by atoms with E-state index in [1.54, 1.807) is 18.7 Å². The SMILES string of the molecule is CCC(Oc1ccc(C)cc1)C(=O)Nc1c(C)n(C)n(-c2ccccc2)c1=O. The third-order valence-electron chi connectivity index (χ3n) is 4.76. The first-order valence-corrected chi connectivity index (χ1v) is 9.30. The maximum absolute atomic E-state index is 12.9. The van der Waals surface area contributed by atoms with E-state index in [9.17, 15) is 9.59 Å². The molecule has 0 spiro atoms. The summed E-state index contributed by atoms with van der Waals surface area (Å²) in [5.41, 5.74) is 2.52. The topological polar surface area (TPSA) is 65.3 Å². The highest BCUT2D eigenvalue weighted by molar-refractivity contribution is 5.94. The standard InChI is InChI=1S/C22H25N3O3/c1-5-19(28-18-13-11-15(2)12-14-18)21(26)23-20-16(3)24(4)25(22(20)27)17-9-7-6-8-10-17/h6-14,19H,5H2,1-4H3,(H,23,26). The zero-order valence-corrected chi connectivity index (χ0v) is 16.6. The summed E-state index contributed by atoms with van der Waals surface area (Å²) >= 11 is 0. The Morgan fingerprint density at radius 1 is 1.07 bits per heavy atom. The van der Waals surface area contributed by atoms with E-state index in [0.29, 0.717) is 17.9 Å². The smallest absolute Gasteiger partial charge is 0.295 e. The van der Waals surface area contributed by atoms with Gasteiger partial charge in [0, 0.05) is 7.05 Å². The quantitative estimate of drug-likeness (QED) is 0.712. The van der Waals surface area contributed by atoms with Gasteiger partial charge in [0.05, 0.1) is 11.4 Å². The van der Waals surface area contributed by atoms with E-state index in [-0.39, 0.29) is 17.2 Å². The molecule has 146 valence electrons. The number of hydrogen-bond acceptors (Lipinski definition) is 3. The Bertz CT molecular complexity index is 1020. The second kappa shape index (κ2) is 8.17. The van der Waals surface area contributed by atoms with Crippen molar-refractivity contribution in [2.75, 3.05) is 5.32 Å². The Kier molecular flexibility index (Phi) is 5.68. The first-order chi connectivity index (χ1) is 13.4. The molecule has 1 atom stereocenters. The van der Waals surface area contributed by atoms with Crippen LogP contribution in [0.4, 0.5) is 5.69 Å². The molecule has 0 saturated carbocycles. The fourth-order valence-electron chi connectivity index (χ4n) is 3.02. The molecular weight excluding hydrogens is 354 g/mol. The maximum Gasteiger partial charge on any atom is 0.295 e. The summed E-state index contributed by atoms with van der Waals surface area (Å²) in [6.45, 7) is 5.67. The van der Waals surface area contributed by atoms with Crippen LogP contribution in [0.25, 0.3) is 5.69 Å². The molecule has 2 aromatic carbocycles. The summed E-state index contributed by atoms with van der Waals surface area (Å²) in [7, 11) is 1.79. The average Bonchev–Trinajstić information content (AvgIpc) is 2.91. The number of rotatable bonds is 6. The zero-order valence-electron chi connectivity index (χ0n) is 16.6. The number of nitrogens with zero attached hydrogens (tertiary/aromatic N) is 2. The molecule has 3 aromatic rings. The second-order valence-electron chi connectivity index (χ2n) is 6.75. The molecule has 6 nitrogen and oxygen atoms in total. The minimum atomic E-state index is -0.688. The molecule has 1 unspecified atom stereocenters. The summed E-state index contributed by atoms with van der Waals surface area (Å²) in [6, 6.07) is 16.9. The predicted octanol–water partition coefficient (Wildman–Crippen LogP) is 3.59. The Labute approximate surface area is 164 Å². The Morgan fingerprint density at radius 2 is 1.71 bits per heavy atom. The largest absolute Gasteiger partial charge is 0.481 e. The summed E-state index contributed by atoms with van der Waals surface area (Å²) in [4.78, 5) is 25.7. The van der Waals surface area contributed by atoms with Gasteiger partial charge in [-0.2, -0.15) is 0 Å². The van der Waals surface area contributed by atoms with Crippen molar-refractivity contribution in [1.82, 2.24) is 9.36 Å². The van der Waals surface area contributed by atoms with Crippen LogP contribution in [-0.4, -0.2) is 21.4 Å². The monoisotopic (exact) mass is 379 g/mol. The van der Waals surface area contributed by atoms with Crippen LogP contribution in [0.3, 0.4) is 0 Å². The van der Waals surface area contributed by atoms with Crippen molar-refractivity contribution in [2.24, 2.45) is 7.05 Å². The van der Waals surface area contributed by atoms with Crippen LogP contribution >= 0.6 is 0 Å². The van der Waals surface area contributed by atoms with Crippen LogP contribution in [0.15, 0.2) is 59.4 Å². The van der Waals surface area contributed by atoms with Crippen LogP contribution in [0, 0.1) is 13.8 Å². The van der Waals surface area contributed by atoms with Crippen LogP contribution in [0.2, 0.25) is 0 Å². The van der Waals surface area contributed by atoms with Crippen molar-refractivity contribution >= 4 is 11.6 Å². The van der Waals surface area contributed by atoms with Gasteiger partial charge in [0.1, 0.15) is 11.4 Å². The molecule has 0 radical (unpaired) electrons. The molecule has 28 heavy (non-hydrogen) atoms. The number of para-hydroxylation sites is 1. The van der Waals surface area contributed by atoms with Gasteiger partial charge in [0.15, 0.2) is 6.10 Å². The number of ether oxygens (including phenoxy) is 1. The normalized spacial score (nSPS) is 11.9. The van der Waals surface area contributed by atoms with Crippen molar-refractivity contribution < 1.29 is 9.53 Å². The molecule has 0 aliphatic heterocycles. The van der Waals surface area contributed by atoms with Gasteiger partial charge in [-0.05, 0) is 44.5 Å². The fourth-order valence-corrected chi connectivity index (χ4v) is 3.02. The van der Waals surface area contributed by atoms with Crippen LogP contribution in [0.1, 0.15) is 24.6 Å². The number of carbonyl (C=O) groups excluding carboxylic acids is 1. The van der Waals surface area contributed by atoms with Crippen LogP contribution in [-0.2, 0) is 11.8 Å². The Hall–Kier alpha value is -3.28. The number of anilines is 1. The van der Waals surface area contributed by atoms with Gasteiger partial charge in [-0.15, -0.1) is 0 Å². The van der Waals surface area contributed by atoms with Crippen LogP contribution < -0.4 is 15.6 Å². The molecule has 0 aliphatic rings. The number of aryl methyl sites for hydroxylation is 1. The third kappa shape index (κ3) is 3.86. The van der Waals surface area contributed by atoms with Gasteiger partial charge in [-0.1, -0.05) is 42.8 Å².